The van der Waals surface area contributed by atoms with Crippen molar-refractivity contribution in [2.45, 2.75) is 65.6 Å². The van der Waals surface area contributed by atoms with Crippen LogP contribution in [0.25, 0.3) is 11.4 Å². The average Bonchev–Trinajstić information content (AvgIpc) is 3.16. The summed E-state index contributed by atoms with van der Waals surface area (Å²) in [6.45, 7) is 10.5. The van der Waals surface area contributed by atoms with Crippen LogP contribution in [-0.2, 0) is 6.54 Å². The molecule has 1 aliphatic rings. The Morgan fingerprint density at radius 3 is 2.69 bits per heavy atom. The van der Waals surface area contributed by atoms with Gasteiger partial charge in [-0.1, -0.05) is 32.9 Å². The fourth-order valence-electron chi connectivity index (χ4n) is 4.12. The van der Waals surface area contributed by atoms with Crippen LogP contribution >= 0.6 is 0 Å². The largest absolute Gasteiger partial charge is 0.465 e. The standard InChI is InChI=1S/C21H31N5O3/c1-5-11-25(14-18-23-19(24-29-18)15-6-9-22-10-7-15)16-8-12-26(20(27)28)17(13-16)21(2,3)4/h6-7,9-10,16-17H,5,8,11-14H2,1-4H3,(H,27,28). The summed E-state index contributed by atoms with van der Waals surface area (Å²) in [5.41, 5.74) is 0.758. The lowest BCUT2D eigenvalue weighted by Gasteiger charge is -2.47. The first-order chi connectivity index (χ1) is 13.8. The molecule has 29 heavy (non-hydrogen) atoms. The van der Waals surface area contributed by atoms with E-state index in [4.69, 9.17) is 4.52 Å². The van der Waals surface area contributed by atoms with Gasteiger partial charge >= 0.3 is 6.09 Å². The Bertz CT molecular complexity index is 802. The van der Waals surface area contributed by atoms with Crippen LogP contribution in [-0.4, -0.2) is 61.3 Å². The third-order valence-corrected chi connectivity index (χ3v) is 5.59. The highest BCUT2D eigenvalue weighted by atomic mass is 16.5. The number of carboxylic acid groups (broad SMARTS) is 1. The van der Waals surface area contributed by atoms with Crippen LogP contribution in [0.15, 0.2) is 29.0 Å². The Labute approximate surface area is 171 Å². The van der Waals surface area contributed by atoms with Crippen LogP contribution in [0.1, 0.15) is 52.8 Å². The number of piperidine rings is 1. The highest BCUT2D eigenvalue weighted by Crippen LogP contribution is 2.34. The number of nitrogens with zero attached hydrogens (tertiary/aromatic N) is 5. The molecule has 1 N–H and O–H groups in total. The third kappa shape index (κ3) is 5.12. The van der Waals surface area contributed by atoms with Crippen molar-refractivity contribution >= 4 is 6.09 Å². The van der Waals surface area contributed by atoms with E-state index in [-0.39, 0.29) is 17.5 Å². The van der Waals surface area contributed by atoms with Crippen molar-refractivity contribution in [1.29, 1.82) is 0 Å². The fraction of sp³-hybridized carbons (Fsp3) is 0.619. The Morgan fingerprint density at radius 1 is 1.34 bits per heavy atom. The first-order valence-corrected chi connectivity index (χ1v) is 10.3. The monoisotopic (exact) mass is 401 g/mol. The average molecular weight is 402 g/mol. The number of hydrogen-bond acceptors (Lipinski definition) is 6. The zero-order valence-electron chi connectivity index (χ0n) is 17.7. The fourth-order valence-corrected chi connectivity index (χ4v) is 4.12. The van der Waals surface area contributed by atoms with Crippen LogP contribution in [0.3, 0.4) is 0 Å². The molecule has 0 aliphatic carbocycles. The van der Waals surface area contributed by atoms with Gasteiger partial charge < -0.3 is 14.5 Å². The van der Waals surface area contributed by atoms with Gasteiger partial charge in [-0.2, -0.15) is 4.98 Å². The zero-order chi connectivity index (χ0) is 21.0. The van der Waals surface area contributed by atoms with Gasteiger partial charge in [0.05, 0.1) is 6.54 Å². The molecule has 8 heteroatoms. The Morgan fingerprint density at radius 2 is 2.07 bits per heavy atom. The quantitative estimate of drug-likeness (QED) is 0.784. The summed E-state index contributed by atoms with van der Waals surface area (Å²) in [5.74, 6) is 1.14. The van der Waals surface area contributed by atoms with Crippen molar-refractivity contribution in [3.63, 3.8) is 0 Å². The van der Waals surface area contributed by atoms with Crippen molar-refractivity contribution in [1.82, 2.24) is 24.9 Å². The van der Waals surface area contributed by atoms with Gasteiger partial charge in [-0.05, 0) is 43.4 Å². The minimum Gasteiger partial charge on any atom is -0.465 e. The van der Waals surface area contributed by atoms with Gasteiger partial charge in [0.2, 0.25) is 11.7 Å². The predicted octanol–water partition coefficient (Wildman–Crippen LogP) is 3.90. The molecule has 1 amide bonds. The van der Waals surface area contributed by atoms with Gasteiger partial charge in [-0.15, -0.1) is 0 Å². The molecule has 0 saturated carbocycles. The maximum absolute atomic E-state index is 11.7. The highest BCUT2D eigenvalue weighted by molar-refractivity contribution is 5.65. The molecule has 2 unspecified atom stereocenters. The van der Waals surface area contributed by atoms with Gasteiger partial charge in [-0.3, -0.25) is 9.88 Å². The molecule has 0 spiro atoms. The summed E-state index contributed by atoms with van der Waals surface area (Å²) < 4.78 is 5.51. The predicted molar refractivity (Wildman–Crippen MR) is 109 cm³/mol. The second-order valence-corrected chi connectivity index (χ2v) is 8.75. The molecular weight excluding hydrogens is 370 g/mol. The summed E-state index contributed by atoms with van der Waals surface area (Å²) >= 11 is 0. The van der Waals surface area contributed by atoms with Crippen LogP contribution in [0.4, 0.5) is 4.79 Å². The van der Waals surface area contributed by atoms with E-state index in [1.807, 2.05) is 12.1 Å². The molecule has 2 aromatic heterocycles. The summed E-state index contributed by atoms with van der Waals surface area (Å²) in [7, 11) is 0. The highest BCUT2D eigenvalue weighted by Gasteiger charge is 2.40. The maximum Gasteiger partial charge on any atom is 0.407 e. The number of rotatable bonds is 6. The number of likely N-dealkylation sites (tertiary alicyclic amines) is 1. The van der Waals surface area contributed by atoms with Gasteiger partial charge in [0.15, 0.2) is 0 Å². The minimum atomic E-state index is -0.829. The molecule has 2 atom stereocenters. The molecule has 1 fully saturated rings. The molecule has 0 radical (unpaired) electrons. The third-order valence-electron chi connectivity index (χ3n) is 5.59. The van der Waals surface area contributed by atoms with Crippen molar-refractivity contribution in [3.8, 4) is 11.4 Å². The van der Waals surface area contributed by atoms with Crippen LogP contribution < -0.4 is 0 Å². The smallest absolute Gasteiger partial charge is 0.407 e. The van der Waals surface area contributed by atoms with Gasteiger partial charge in [0.25, 0.3) is 0 Å². The molecule has 3 heterocycles. The first-order valence-electron chi connectivity index (χ1n) is 10.3. The second kappa shape index (κ2) is 8.90. The van der Waals surface area contributed by atoms with Crippen molar-refractivity contribution in [3.05, 3.63) is 30.4 Å². The SMILES string of the molecule is CCCN(Cc1nc(-c2ccncc2)no1)C1CCN(C(=O)O)C(C(C)(C)C)C1. The molecule has 1 saturated heterocycles. The van der Waals surface area contributed by atoms with Crippen molar-refractivity contribution in [2.24, 2.45) is 5.41 Å². The van der Waals surface area contributed by atoms with Gasteiger partial charge in [0, 0.05) is 36.6 Å². The zero-order valence-corrected chi connectivity index (χ0v) is 17.7. The molecule has 3 rings (SSSR count). The Hall–Kier alpha value is -2.48. The summed E-state index contributed by atoms with van der Waals surface area (Å²) in [6, 6.07) is 3.97. The van der Waals surface area contributed by atoms with Crippen LogP contribution in [0, 0.1) is 5.41 Å². The summed E-state index contributed by atoms with van der Waals surface area (Å²) in [6.07, 6.45) is 5.20. The van der Waals surface area contributed by atoms with E-state index in [9.17, 15) is 9.90 Å². The number of pyridine rings is 1. The Balaban J connectivity index is 1.74. The lowest BCUT2D eigenvalue weighted by Crippen LogP contribution is -2.56. The second-order valence-electron chi connectivity index (χ2n) is 8.75. The topological polar surface area (TPSA) is 95.6 Å². The number of hydrogen-bond donors (Lipinski definition) is 1. The first kappa shape index (κ1) is 21.2. The number of carbonyl (C=O) groups is 1. The van der Waals surface area contributed by atoms with E-state index in [2.05, 4.69) is 47.7 Å². The van der Waals surface area contributed by atoms with Gasteiger partial charge in [0.1, 0.15) is 0 Å². The maximum atomic E-state index is 11.7. The van der Waals surface area contributed by atoms with E-state index in [1.54, 1.807) is 17.3 Å². The molecule has 2 aromatic rings. The van der Waals surface area contributed by atoms with Crippen molar-refractivity contribution < 1.29 is 14.4 Å². The normalized spacial score (nSPS) is 20.2. The van der Waals surface area contributed by atoms with Gasteiger partial charge in [-0.25, -0.2) is 4.79 Å². The number of amides is 1. The molecular formula is C21H31N5O3. The molecule has 158 valence electrons. The number of aromatic nitrogens is 3. The lowest BCUT2D eigenvalue weighted by molar-refractivity contribution is 0.0150. The lowest BCUT2D eigenvalue weighted by atomic mass is 9.79. The van der Waals surface area contributed by atoms with Crippen molar-refractivity contribution in [2.75, 3.05) is 13.1 Å². The van der Waals surface area contributed by atoms with E-state index in [1.165, 1.54) is 0 Å². The minimum absolute atomic E-state index is 0.0202. The van der Waals surface area contributed by atoms with E-state index < -0.39 is 6.09 Å². The van der Waals surface area contributed by atoms with Crippen LogP contribution in [0.5, 0.6) is 0 Å². The van der Waals surface area contributed by atoms with Crippen LogP contribution in [0.2, 0.25) is 0 Å². The summed E-state index contributed by atoms with van der Waals surface area (Å²) in [4.78, 5) is 24.3. The molecule has 0 bridgehead atoms. The Kier molecular flexibility index (Phi) is 6.52. The van der Waals surface area contributed by atoms with E-state index >= 15 is 0 Å². The molecule has 8 nitrogen and oxygen atoms in total. The molecule has 0 aromatic carbocycles. The van der Waals surface area contributed by atoms with E-state index in [0.29, 0.717) is 24.8 Å². The molecule has 1 aliphatic heterocycles. The van der Waals surface area contributed by atoms with E-state index in [0.717, 1.165) is 31.4 Å². The summed E-state index contributed by atoms with van der Waals surface area (Å²) in [5, 5.41) is 13.7.